The van der Waals surface area contributed by atoms with Crippen molar-refractivity contribution in [2.24, 2.45) is 0 Å². The summed E-state index contributed by atoms with van der Waals surface area (Å²) in [5.41, 5.74) is 0.399. The molecule has 0 aliphatic heterocycles. The van der Waals surface area contributed by atoms with Crippen molar-refractivity contribution in [3.63, 3.8) is 0 Å². The first-order chi connectivity index (χ1) is 10.2. The van der Waals surface area contributed by atoms with E-state index >= 15 is 0 Å². The van der Waals surface area contributed by atoms with Crippen LogP contribution in [0.25, 0.3) is 6.08 Å². The molecule has 0 bridgehead atoms. The Kier molecular flexibility index (Phi) is 5.22. The second kappa shape index (κ2) is 7.35. The van der Waals surface area contributed by atoms with Crippen LogP contribution in [0.15, 0.2) is 47.9 Å². The van der Waals surface area contributed by atoms with E-state index in [9.17, 15) is 14.9 Å². The van der Waals surface area contributed by atoms with Gasteiger partial charge in [0.15, 0.2) is 0 Å². The highest BCUT2D eigenvalue weighted by Gasteiger charge is 2.09. The fourth-order valence-corrected chi connectivity index (χ4v) is 2.49. The van der Waals surface area contributed by atoms with Crippen LogP contribution in [0.5, 0.6) is 0 Å². The summed E-state index contributed by atoms with van der Waals surface area (Å²) in [5.74, 6) is -0.260. The largest absolute Gasteiger partial charge is 0.352 e. The Labute approximate surface area is 126 Å². The maximum Gasteiger partial charge on any atom is 0.276 e. The van der Waals surface area contributed by atoms with Crippen LogP contribution in [0.1, 0.15) is 10.4 Å². The molecule has 0 radical (unpaired) electrons. The third-order valence-electron chi connectivity index (χ3n) is 2.80. The SMILES string of the molecule is O=C(/C=C/c1ccccc1[N+](=O)[O-])NCCc1cccs1. The van der Waals surface area contributed by atoms with Gasteiger partial charge in [-0.05, 0) is 30.0 Å². The zero-order chi connectivity index (χ0) is 15.1. The second-order valence-corrected chi connectivity index (χ2v) is 5.30. The summed E-state index contributed by atoms with van der Waals surface area (Å²) in [4.78, 5) is 23.2. The normalized spacial score (nSPS) is 10.7. The lowest BCUT2D eigenvalue weighted by molar-refractivity contribution is -0.385. The summed E-state index contributed by atoms with van der Waals surface area (Å²) in [5, 5.41) is 15.6. The van der Waals surface area contributed by atoms with Crippen LogP contribution in [0, 0.1) is 10.1 Å². The molecule has 0 aliphatic rings. The lowest BCUT2D eigenvalue weighted by atomic mass is 10.1. The Morgan fingerprint density at radius 1 is 1.29 bits per heavy atom. The minimum Gasteiger partial charge on any atom is -0.352 e. The molecule has 1 aromatic carbocycles. The third kappa shape index (κ3) is 4.54. The molecule has 1 N–H and O–H groups in total. The summed E-state index contributed by atoms with van der Waals surface area (Å²) in [6, 6.07) is 10.3. The number of carbonyl (C=O) groups is 1. The van der Waals surface area contributed by atoms with Gasteiger partial charge in [-0.2, -0.15) is 0 Å². The number of para-hydroxylation sites is 1. The van der Waals surface area contributed by atoms with Crippen molar-refractivity contribution in [3.05, 3.63) is 68.4 Å². The molecule has 2 aromatic rings. The molecule has 1 aromatic heterocycles. The summed E-state index contributed by atoms with van der Waals surface area (Å²) < 4.78 is 0. The van der Waals surface area contributed by atoms with E-state index in [1.165, 1.54) is 23.1 Å². The van der Waals surface area contributed by atoms with Gasteiger partial charge in [-0.1, -0.05) is 18.2 Å². The van der Waals surface area contributed by atoms with E-state index in [1.54, 1.807) is 29.5 Å². The first kappa shape index (κ1) is 14.9. The number of benzene rings is 1. The molecule has 6 heteroatoms. The molecule has 1 heterocycles. The van der Waals surface area contributed by atoms with Gasteiger partial charge in [0, 0.05) is 23.6 Å². The standard InChI is InChI=1S/C15H14N2O3S/c18-15(16-10-9-13-5-3-11-21-13)8-7-12-4-1-2-6-14(12)17(19)20/h1-8,11H,9-10H2,(H,16,18)/b8-7+. The summed E-state index contributed by atoms with van der Waals surface area (Å²) in [7, 11) is 0. The van der Waals surface area contributed by atoms with Crippen LogP contribution >= 0.6 is 11.3 Å². The van der Waals surface area contributed by atoms with Crippen molar-refractivity contribution in [2.45, 2.75) is 6.42 Å². The predicted octanol–water partition coefficient (Wildman–Crippen LogP) is 3.03. The molecule has 21 heavy (non-hydrogen) atoms. The average Bonchev–Trinajstić information content (AvgIpc) is 2.98. The highest BCUT2D eigenvalue weighted by molar-refractivity contribution is 7.09. The first-order valence-corrected chi connectivity index (χ1v) is 7.26. The van der Waals surface area contributed by atoms with Crippen LogP contribution < -0.4 is 5.32 Å². The number of nitrogens with one attached hydrogen (secondary N) is 1. The van der Waals surface area contributed by atoms with E-state index in [0.29, 0.717) is 12.1 Å². The quantitative estimate of drug-likeness (QED) is 0.506. The van der Waals surface area contributed by atoms with Gasteiger partial charge in [0.25, 0.3) is 5.69 Å². The van der Waals surface area contributed by atoms with Crippen molar-refractivity contribution in [2.75, 3.05) is 6.54 Å². The molecule has 0 saturated carbocycles. The number of hydrogen-bond donors (Lipinski definition) is 1. The Hall–Kier alpha value is -2.47. The molecular weight excluding hydrogens is 288 g/mol. The highest BCUT2D eigenvalue weighted by atomic mass is 32.1. The smallest absolute Gasteiger partial charge is 0.276 e. The lowest BCUT2D eigenvalue weighted by Gasteiger charge is -2.00. The van der Waals surface area contributed by atoms with Crippen molar-refractivity contribution in [3.8, 4) is 0 Å². The Morgan fingerprint density at radius 3 is 2.81 bits per heavy atom. The van der Waals surface area contributed by atoms with Crippen LogP contribution in [0.3, 0.4) is 0 Å². The highest BCUT2D eigenvalue weighted by Crippen LogP contribution is 2.18. The molecular formula is C15H14N2O3S. The van der Waals surface area contributed by atoms with Crippen LogP contribution in [0.4, 0.5) is 5.69 Å². The number of nitrogens with zero attached hydrogens (tertiary/aromatic N) is 1. The molecule has 0 spiro atoms. The molecule has 0 aliphatic carbocycles. The van der Waals surface area contributed by atoms with Crippen molar-refractivity contribution in [1.29, 1.82) is 0 Å². The van der Waals surface area contributed by atoms with E-state index in [0.717, 1.165) is 6.42 Å². The van der Waals surface area contributed by atoms with E-state index < -0.39 is 4.92 Å². The third-order valence-corrected chi connectivity index (χ3v) is 3.73. The average molecular weight is 302 g/mol. The van der Waals surface area contributed by atoms with Crippen LogP contribution in [0.2, 0.25) is 0 Å². The van der Waals surface area contributed by atoms with Crippen LogP contribution in [-0.2, 0) is 11.2 Å². The van der Waals surface area contributed by atoms with Gasteiger partial charge in [-0.25, -0.2) is 0 Å². The predicted molar refractivity (Wildman–Crippen MR) is 83.2 cm³/mol. The molecule has 2 rings (SSSR count). The van der Waals surface area contributed by atoms with Crippen LogP contribution in [-0.4, -0.2) is 17.4 Å². The zero-order valence-corrected chi connectivity index (χ0v) is 12.0. The van der Waals surface area contributed by atoms with E-state index in [2.05, 4.69) is 5.32 Å². The van der Waals surface area contributed by atoms with Gasteiger partial charge in [0.1, 0.15) is 0 Å². The number of amides is 1. The molecule has 0 saturated heterocycles. The van der Waals surface area contributed by atoms with Gasteiger partial charge in [0.2, 0.25) is 5.91 Å². The van der Waals surface area contributed by atoms with E-state index in [-0.39, 0.29) is 11.6 Å². The first-order valence-electron chi connectivity index (χ1n) is 6.38. The Balaban J connectivity index is 1.89. The van der Waals surface area contributed by atoms with Crippen molar-refractivity contribution in [1.82, 2.24) is 5.32 Å². The maximum absolute atomic E-state index is 11.7. The Bertz CT molecular complexity index is 651. The second-order valence-electron chi connectivity index (χ2n) is 4.27. The summed E-state index contributed by atoms with van der Waals surface area (Å²) in [6.07, 6.45) is 3.55. The molecule has 0 atom stereocenters. The number of hydrogen-bond acceptors (Lipinski definition) is 4. The Morgan fingerprint density at radius 2 is 2.10 bits per heavy atom. The van der Waals surface area contributed by atoms with Crippen molar-refractivity contribution < 1.29 is 9.72 Å². The molecule has 108 valence electrons. The van der Waals surface area contributed by atoms with Crippen molar-refractivity contribution >= 4 is 29.0 Å². The molecule has 0 unspecified atom stereocenters. The number of carbonyl (C=O) groups excluding carboxylic acids is 1. The van der Waals surface area contributed by atoms with Gasteiger partial charge < -0.3 is 5.32 Å². The number of nitro groups is 1. The summed E-state index contributed by atoms with van der Waals surface area (Å²) in [6.45, 7) is 0.542. The minimum absolute atomic E-state index is 0.0138. The number of nitro benzene ring substituents is 1. The topological polar surface area (TPSA) is 72.2 Å². The summed E-state index contributed by atoms with van der Waals surface area (Å²) >= 11 is 1.65. The number of rotatable bonds is 6. The van der Waals surface area contributed by atoms with Gasteiger partial charge >= 0.3 is 0 Å². The van der Waals surface area contributed by atoms with Gasteiger partial charge in [0.05, 0.1) is 10.5 Å². The monoisotopic (exact) mass is 302 g/mol. The fourth-order valence-electron chi connectivity index (χ4n) is 1.78. The molecule has 1 amide bonds. The maximum atomic E-state index is 11.7. The van der Waals surface area contributed by atoms with Gasteiger partial charge in [-0.3, -0.25) is 14.9 Å². The molecule has 5 nitrogen and oxygen atoms in total. The molecule has 0 fully saturated rings. The zero-order valence-electron chi connectivity index (χ0n) is 11.2. The van der Waals surface area contributed by atoms with Gasteiger partial charge in [-0.15, -0.1) is 11.3 Å². The minimum atomic E-state index is -0.464. The van der Waals surface area contributed by atoms with E-state index in [4.69, 9.17) is 0 Å². The fraction of sp³-hybridized carbons (Fsp3) is 0.133. The lowest BCUT2D eigenvalue weighted by Crippen LogP contribution is -2.23. The van der Waals surface area contributed by atoms with E-state index in [1.807, 2.05) is 17.5 Å². The number of thiophene rings is 1.